The van der Waals surface area contributed by atoms with Gasteiger partial charge in [0.05, 0.1) is 25.0 Å². The Bertz CT molecular complexity index is 755. The quantitative estimate of drug-likeness (QED) is 0.742. The summed E-state index contributed by atoms with van der Waals surface area (Å²) < 4.78 is 5.20. The Hall–Kier alpha value is -2.83. The zero-order valence-corrected chi connectivity index (χ0v) is 13.4. The van der Waals surface area contributed by atoms with Crippen molar-refractivity contribution in [3.8, 4) is 5.75 Å². The smallest absolute Gasteiger partial charge is 0.269 e. The lowest BCUT2D eigenvalue weighted by Gasteiger charge is -2.11. The number of carbonyl (C=O) groups is 1. The minimum absolute atomic E-state index is 0.0847. The van der Waals surface area contributed by atoms with Crippen LogP contribution >= 0.6 is 0 Å². The van der Waals surface area contributed by atoms with Crippen LogP contribution in [-0.2, 0) is 11.3 Å². The summed E-state index contributed by atoms with van der Waals surface area (Å²) in [6.45, 7) is 3.87. The number of carbonyl (C=O) groups excluding carboxylic acids is 1. The summed E-state index contributed by atoms with van der Waals surface area (Å²) in [5, 5.41) is 12.0. The van der Waals surface area contributed by atoms with E-state index in [1.807, 2.05) is 31.2 Å². The third kappa shape index (κ3) is 4.09. The topological polar surface area (TPSA) is 96.1 Å². The molecule has 0 radical (unpaired) electrons. The van der Waals surface area contributed by atoms with E-state index < -0.39 is 0 Å². The van der Waals surface area contributed by atoms with Gasteiger partial charge in [-0.3, -0.25) is 9.59 Å². The first-order valence-corrected chi connectivity index (χ1v) is 7.21. The molecule has 1 aromatic carbocycles. The maximum atomic E-state index is 12.0. The number of ether oxygens (including phenoxy) is 1. The molecule has 0 aliphatic rings. The maximum Gasteiger partial charge on any atom is 0.269 e. The average molecular weight is 316 g/mol. The summed E-state index contributed by atoms with van der Waals surface area (Å²) in [6.07, 6.45) is 0. The molecule has 2 aromatic rings. The number of amides is 1. The van der Waals surface area contributed by atoms with Gasteiger partial charge in [0.1, 0.15) is 5.75 Å². The number of benzene rings is 1. The predicted octanol–water partition coefficient (Wildman–Crippen LogP) is 1.12. The third-order valence-electron chi connectivity index (χ3n) is 3.60. The molecule has 7 heteroatoms. The van der Waals surface area contributed by atoms with Crippen molar-refractivity contribution in [3.05, 3.63) is 51.4 Å². The van der Waals surface area contributed by atoms with Gasteiger partial charge in [-0.15, -0.1) is 0 Å². The molecule has 1 aromatic heterocycles. The average Bonchev–Trinajstić information content (AvgIpc) is 2.56. The van der Waals surface area contributed by atoms with Crippen molar-refractivity contribution in [2.75, 3.05) is 19.0 Å². The first-order chi connectivity index (χ1) is 11.0. The highest BCUT2D eigenvalue weighted by Gasteiger charge is 2.10. The number of methoxy groups -OCH3 is 1. The van der Waals surface area contributed by atoms with E-state index in [1.165, 1.54) is 0 Å². The van der Waals surface area contributed by atoms with Gasteiger partial charge in [0.15, 0.2) is 0 Å². The number of H-pyrrole nitrogens is 1. The zero-order chi connectivity index (χ0) is 16.8. The molecule has 0 fully saturated rings. The number of aromatic nitrogens is 2. The van der Waals surface area contributed by atoms with E-state index in [2.05, 4.69) is 20.8 Å². The largest absolute Gasteiger partial charge is 0.495 e. The number of anilines is 1. The summed E-state index contributed by atoms with van der Waals surface area (Å²) in [7, 11) is 1.57. The predicted molar refractivity (Wildman–Crippen MR) is 87.7 cm³/mol. The van der Waals surface area contributed by atoms with Gasteiger partial charge >= 0.3 is 0 Å². The molecular formula is C16H20N4O3. The van der Waals surface area contributed by atoms with E-state index in [0.29, 0.717) is 11.3 Å². The fourth-order valence-corrected chi connectivity index (χ4v) is 2.10. The number of para-hydroxylation sites is 2. The Morgan fingerprint density at radius 2 is 2.04 bits per heavy atom. The summed E-state index contributed by atoms with van der Waals surface area (Å²) in [5.41, 5.74) is 2.49. The molecule has 23 heavy (non-hydrogen) atoms. The van der Waals surface area contributed by atoms with E-state index in [0.717, 1.165) is 16.9 Å². The van der Waals surface area contributed by atoms with Crippen LogP contribution in [0.2, 0.25) is 0 Å². The normalized spacial score (nSPS) is 10.2. The van der Waals surface area contributed by atoms with E-state index in [1.54, 1.807) is 14.0 Å². The van der Waals surface area contributed by atoms with Crippen molar-refractivity contribution in [1.82, 2.24) is 15.5 Å². The van der Waals surface area contributed by atoms with Gasteiger partial charge < -0.3 is 15.4 Å². The minimum atomic E-state index is -0.286. The van der Waals surface area contributed by atoms with Crippen LogP contribution in [-0.4, -0.2) is 29.8 Å². The Kier molecular flexibility index (Phi) is 5.35. The number of rotatable bonds is 6. The lowest BCUT2D eigenvalue weighted by Crippen LogP contribution is -2.32. The van der Waals surface area contributed by atoms with Crippen molar-refractivity contribution < 1.29 is 9.53 Å². The number of nitrogens with zero attached hydrogens (tertiary/aromatic N) is 1. The second-order valence-electron chi connectivity index (χ2n) is 5.07. The molecular weight excluding hydrogens is 296 g/mol. The van der Waals surface area contributed by atoms with Gasteiger partial charge in [-0.25, -0.2) is 5.10 Å². The molecule has 0 unspecified atom stereocenters. The van der Waals surface area contributed by atoms with Crippen molar-refractivity contribution in [2.24, 2.45) is 0 Å². The van der Waals surface area contributed by atoms with Crippen LogP contribution < -0.4 is 20.9 Å². The highest BCUT2D eigenvalue weighted by atomic mass is 16.5. The Morgan fingerprint density at radius 3 is 2.78 bits per heavy atom. The summed E-state index contributed by atoms with van der Waals surface area (Å²) >= 11 is 0. The van der Waals surface area contributed by atoms with Crippen LogP contribution in [0.25, 0.3) is 0 Å². The number of aromatic amines is 1. The molecule has 2 rings (SSSR count). The molecule has 0 atom stereocenters. The monoisotopic (exact) mass is 316 g/mol. The van der Waals surface area contributed by atoms with Crippen LogP contribution in [0.4, 0.5) is 5.69 Å². The number of hydrogen-bond acceptors (Lipinski definition) is 5. The lowest BCUT2D eigenvalue weighted by atomic mass is 10.1. The standard InChI is InChI=1S/C16H20N4O3/c1-10-11(2)19-20-16(22)12(10)8-18-15(21)9-17-13-6-4-5-7-14(13)23-3/h4-7,17H,8-9H2,1-3H3,(H,18,21)(H,20,22). The van der Waals surface area contributed by atoms with E-state index >= 15 is 0 Å². The third-order valence-corrected chi connectivity index (χ3v) is 3.60. The second-order valence-corrected chi connectivity index (χ2v) is 5.07. The van der Waals surface area contributed by atoms with Gasteiger partial charge in [0, 0.05) is 12.1 Å². The highest BCUT2D eigenvalue weighted by molar-refractivity contribution is 5.81. The van der Waals surface area contributed by atoms with Gasteiger partial charge in [0.2, 0.25) is 5.91 Å². The molecule has 1 amide bonds. The summed E-state index contributed by atoms with van der Waals surface area (Å²) in [6, 6.07) is 7.34. The van der Waals surface area contributed by atoms with Crippen LogP contribution in [0.15, 0.2) is 29.1 Å². The molecule has 3 N–H and O–H groups in total. The number of hydrogen-bond donors (Lipinski definition) is 3. The Balaban J connectivity index is 1.94. The summed E-state index contributed by atoms with van der Waals surface area (Å²) in [5.74, 6) is 0.446. The van der Waals surface area contributed by atoms with Crippen LogP contribution in [0.5, 0.6) is 5.75 Å². The second kappa shape index (κ2) is 7.44. The number of nitrogens with one attached hydrogen (secondary N) is 3. The molecule has 0 saturated carbocycles. The van der Waals surface area contributed by atoms with Crippen molar-refractivity contribution in [2.45, 2.75) is 20.4 Å². The lowest BCUT2D eigenvalue weighted by molar-refractivity contribution is -0.119. The Morgan fingerprint density at radius 1 is 1.30 bits per heavy atom. The zero-order valence-electron chi connectivity index (χ0n) is 13.4. The van der Waals surface area contributed by atoms with Gasteiger partial charge in [-0.05, 0) is 31.5 Å². The van der Waals surface area contributed by atoms with E-state index in [-0.39, 0.29) is 24.6 Å². The van der Waals surface area contributed by atoms with Crippen LogP contribution in [0, 0.1) is 13.8 Å². The molecule has 122 valence electrons. The van der Waals surface area contributed by atoms with Crippen LogP contribution in [0.3, 0.4) is 0 Å². The Labute approximate surface area is 134 Å². The maximum absolute atomic E-state index is 12.0. The molecule has 0 aliphatic heterocycles. The molecule has 0 aliphatic carbocycles. The van der Waals surface area contributed by atoms with Crippen molar-refractivity contribution >= 4 is 11.6 Å². The van der Waals surface area contributed by atoms with Gasteiger partial charge in [-0.1, -0.05) is 12.1 Å². The van der Waals surface area contributed by atoms with Gasteiger partial charge in [0.25, 0.3) is 5.56 Å². The molecule has 0 bridgehead atoms. The first kappa shape index (κ1) is 16.5. The van der Waals surface area contributed by atoms with Gasteiger partial charge in [-0.2, -0.15) is 5.10 Å². The SMILES string of the molecule is COc1ccccc1NCC(=O)NCc1c(C)c(C)n[nH]c1=O. The summed E-state index contributed by atoms with van der Waals surface area (Å²) in [4.78, 5) is 23.7. The van der Waals surface area contributed by atoms with Crippen molar-refractivity contribution in [1.29, 1.82) is 0 Å². The number of aryl methyl sites for hydroxylation is 1. The minimum Gasteiger partial charge on any atom is -0.495 e. The van der Waals surface area contributed by atoms with E-state index in [9.17, 15) is 9.59 Å². The molecule has 1 heterocycles. The van der Waals surface area contributed by atoms with E-state index in [4.69, 9.17) is 4.74 Å². The fraction of sp³-hybridized carbons (Fsp3) is 0.312. The molecule has 7 nitrogen and oxygen atoms in total. The van der Waals surface area contributed by atoms with Crippen molar-refractivity contribution in [3.63, 3.8) is 0 Å². The highest BCUT2D eigenvalue weighted by Crippen LogP contribution is 2.22. The fourth-order valence-electron chi connectivity index (χ4n) is 2.10. The molecule has 0 saturated heterocycles. The molecule has 0 spiro atoms. The first-order valence-electron chi connectivity index (χ1n) is 7.21. The van der Waals surface area contributed by atoms with Crippen LogP contribution in [0.1, 0.15) is 16.8 Å².